The Labute approximate surface area is 83.3 Å². The highest BCUT2D eigenvalue weighted by atomic mass is 16.5. The summed E-state index contributed by atoms with van der Waals surface area (Å²) in [7, 11) is 1.63. The molecule has 0 aliphatic rings. The zero-order valence-electron chi connectivity index (χ0n) is 8.69. The first kappa shape index (κ1) is 9.06. The Hall–Kier alpha value is -1.51. The summed E-state index contributed by atoms with van der Waals surface area (Å²) in [5, 5.41) is 0. The molecule has 0 aliphatic carbocycles. The molecule has 0 radical (unpaired) electrons. The van der Waals surface area contributed by atoms with Crippen LogP contribution in [0.15, 0.2) is 24.5 Å². The second kappa shape index (κ2) is 3.33. The van der Waals surface area contributed by atoms with Crippen LogP contribution in [0.1, 0.15) is 25.3 Å². The number of nitrogens with zero attached hydrogens (tertiary/aromatic N) is 2. The van der Waals surface area contributed by atoms with E-state index in [9.17, 15) is 0 Å². The lowest BCUT2D eigenvalue weighted by molar-refractivity contribution is 0.400. The van der Waals surface area contributed by atoms with Crippen molar-refractivity contribution < 1.29 is 4.74 Å². The highest BCUT2D eigenvalue weighted by Crippen LogP contribution is 2.17. The molecule has 3 nitrogen and oxygen atoms in total. The van der Waals surface area contributed by atoms with Gasteiger partial charge in [-0.2, -0.15) is 4.98 Å². The van der Waals surface area contributed by atoms with E-state index in [0.29, 0.717) is 11.8 Å². The molecule has 0 N–H and O–H groups in total. The fourth-order valence-corrected chi connectivity index (χ4v) is 1.43. The molecule has 0 aliphatic heterocycles. The number of hydrogen-bond acceptors (Lipinski definition) is 2. The largest absolute Gasteiger partial charge is 0.480 e. The van der Waals surface area contributed by atoms with Crippen LogP contribution < -0.4 is 4.74 Å². The molecule has 14 heavy (non-hydrogen) atoms. The average molecular weight is 190 g/mol. The normalized spacial score (nSPS) is 11.1. The number of rotatable bonds is 2. The van der Waals surface area contributed by atoms with Gasteiger partial charge in [0.05, 0.1) is 13.3 Å². The third kappa shape index (κ3) is 1.45. The Morgan fingerprint density at radius 1 is 1.29 bits per heavy atom. The number of ether oxygens (including phenoxy) is 1. The minimum absolute atomic E-state index is 0.535. The second-order valence-corrected chi connectivity index (χ2v) is 3.67. The van der Waals surface area contributed by atoms with Crippen LogP contribution in [-0.4, -0.2) is 16.5 Å². The molecular weight excluding hydrogens is 176 g/mol. The molecule has 3 heteroatoms. The zero-order valence-corrected chi connectivity index (χ0v) is 8.69. The summed E-state index contributed by atoms with van der Waals surface area (Å²) in [5.41, 5.74) is 2.23. The molecule has 0 bridgehead atoms. The molecule has 0 saturated carbocycles. The molecule has 0 unspecified atom stereocenters. The maximum absolute atomic E-state index is 5.07. The Balaban J connectivity index is 2.54. The molecule has 0 saturated heterocycles. The fraction of sp³-hybridized carbons (Fsp3) is 0.364. The van der Waals surface area contributed by atoms with Gasteiger partial charge < -0.3 is 9.14 Å². The van der Waals surface area contributed by atoms with Crippen LogP contribution in [-0.2, 0) is 0 Å². The molecule has 2 rings (SSSR count). The number of pyridine rings is 1. The van der Waals surface area contributed by atoms with E-state index in [0.717, 1.165) is 5.65 Å². The van der Waals surface area contributed by atoms with E-state index >= 15 is 0 Å². The molecular formula is C11H14N2O. The lowest BCUT2D eigenvalue weighted by Gasteiger charge is -2.04. The van der Waals surface area contributed by atoms with E-state index < -0.39 is 0 Å². The summed E-state index contributed by atoms with van der Waals surface area (Å²) < 4.78 is 7.06. The van der Waals surface area contributed by atoms with E-state index in [-0.39, 0.29) is 0 Å². The molecule has 0 spiro atoms. The topological polar surface area (TPSA) is 26.5 Å². The standard InChI is InChI=1S/C11H14N2O/c1-8(2)9-4-5-10-12-11(14-3)7-13(10)6-9/h4-8H,1-3H3. The van der Waals surface area contributed by atoms with Crippen molar-refractivity contribution in [3.63, 3.8) is 0 Å². The van der Waals surface area contributed by atoms with Crippen LogP contribution in [0.25, 0.3) is 5.65 Å². The minimum Gasteiger partial charge on any atom is -0.480 e. The highest BCUT2D eigenvalue weighted by Gasteiger charge is 2.03. The van der Waals surface area contributed by atoms with Gasteiger partial charge in [0, 0.05) is 6.20 Å². The fourth-order valence-electron chi connectivity index (χ4n) is 1.43. The van der Waals surface area contributed by atoms with Gasteiger partial charge in [0.2, 0.25) is 5.88 Å². The first-order valence-corrected chi connectivity index (χ1v) is 4.73. The molecule has 0 amide bonds. The quantitative estimate of drug-likeness (QED) is 0.727. The second-order valence-electron chi connectivity index (χ2n) is 3.67. The third-order valence-corrected chi connectivity index (χ3v) is 2.33. The Bertz CT molecular complexity index is 445. The van der Waals surface area contributed by atoms with Gasteiger partial charge in [-0.3, -0.25) is 0 Å². The van der Waals surface area contributed by atoms with Crippen LogP contribution in [0.5, 0.6) is 5.88 Å². The lowest BCUT2D eigenvalue weighted by Crippen LogP contribution is -1.91. The third-order valence-electron chi connectivity index (χ3n) is 2.33. The molecule has 2 aromatic heterocycles. The Morgan fingerprint density at radius 3 is 2.71 bits per heavy atom. The summed E-state index contributed by atoms with van der Waals surface area (Å²) in [4.78, 5) is 4.27. The number of methoxy groups -OCH3 is 1. The van der Waals surface area contributed by atoms with Crippen molar-refractivity contribution in [2.24, 2.45) is 0 Å². The van der Waals surface area contributed by atoms with E-state index in [1.54, 1.807) is 7.11 Å². The van der Waals surface area contributed by atoms with Crippen molar-refractivity contribution in [3.8, 4) is 5.88 Å². The summed E-state index contributed by atoms with van der Waals surface area (Å²) in [6, 6.07) is 4.12. The van der Waals surface area contributed by atoms with E-state index in [2.05, 4.69) is 31.1 Å². The molecule has 2 heterocycles. The summed E-state index contributed by atoms with van der Waals surface area (Å²) in [5.74, 6) is 1.19. The molecule has 0 aromatic carbocycles. The van der Waals surface area contributed by atoms with Crippen LogP contribution in [0.3, 0.4) is 0 Å². The first-order valence-electron chi connectivity index (χ1n) is 4.73. The SMILES string of the molecule is COc1cn2cc(C(C)C)ccc2n1. The van der Waals surface area contributed by atoms with Gasteiger partial charge in [-0.25, -0.2) is 0 Å². The first-order chi connectivity index (χ1) is 6.70. The summed E-state index contributed by atoms with van der Waals surface area (Å²) in [6.07, 6.45) is 3.98. The van der Waals surface area contributed by atoms with Gasteiger partial charge in [-0.15, -0.1) is 0 Å². The molecule has 0 atom stereocenters. The van der Waals surface area contributed by atoms with Crippen molar-refractivity contribution in [1.82, 2.24) is 9.38 Å². The number of imidazole rings is 1. The predicted octanol–water partition coefficient (Wildman–Crippen LogP) is 2.47. The van der Waals surface area contributed by atoms with E-state index in [1.165, 1.54) is 5.56 Å². The van der Waals surface area contributed by atoms with E-state index in [1.807, 2.05) is 16.7 Å². The van der Waals surface area contributed by atoms with Gasteiger partial charge >= 0.3 is 0 Å². The summed E-state index contributed by atoms with van der Waals surface area (Å²) in [6.45, 7) is 4.35. The predicted molar refractivity (Wildman–Crippen MR) is 55.8 cm³/mol. The highest BCUT2D eigenvalue weighted by molar-refractivity contribution is 5.43. The van der Waals surface area contributed by atoms with Crippen molar-refractivity contribution in [2.45, 2.75) is 19.8 Å². The van der Waals surface area contributed by atoms with Gasteiger partial charge in [0.25, 0.3) is 0 Å². The van der Waals surface area contributed by atoms with Crippen LogP contribution >= 0.6 is 0 Å². The van der Waals surface area contributed by atoms with Crippen LogP contribution in [0.2, 0.25) is 0 Å². The average Bonchev–Trinajstić information content (AvgIpc) is 2.58. The van der Waals surface area contributed by atoms with Crippen molar-refractivity contribution in [1.29, 1.82) is 0 Å². The smallest absolute Gasteiger partial charge is 0.232 e. The summed E-state index contributed by atoms with van der Waals surface area (Å²) >= 11 is 0. The van der Waals surface area contributed by atoms with E-state index in [4.69, 9.17) is 4.74 Å². The lowest BCUT2D eigenvalue weighted by atomic mass is 10.1. The van der Waals surface area contributed by atoms with Crippen molar-refractivity contribution in [3.05, 3.63) is 30.1 Å². The van der Waals surface area contributed by atoms with Gasteiger partial charge in [0.1, 0.15) is 5.65 Å². The Morgan fingerprint density at radius 2 is 2.07 bits per heavy atom. The van der Waals surface area contributed by atoms with Crippen molar-refractivity contribution >= 4 is 5.65 Å². The number of fused-ring (bicyclic) bond motifs is 1. The molecule has 74 valence electrons. The number of hydrogen-bond donors (Lipinski definition) is 0. The van der Waals surface area contributed by atoms with Gasteiger partial charge in [-0.05, 0) is 17.5 Å². The zero-order chi connectivity index (χ0) is 10.1. The van der Waals surface area contributed by atoms with Gasteiger partial charge in [-0.1, -0.05) is 19.9 Å². The maximum Gasteiger partial charge on any atom is 0.232 e. The van der Waals surface area contributed by atoms with Crippen molar-refractivity contribution in [2.75, 3.05) is 7.11 Å². The Kier molecular flexibility index (Phi) is 2.15. The van der Waals surface area contributed by atoms with Crippen LogP contribution in [0, 0.1) is 0 Å². The van der Waals surface area contributed by atoms with Crippen LogP contribution in [0.4, 0.5) is 0 Å². The molecule has 0 fully saturated rings. The van der Waals surface area contributed by atoms with Gasteiger partial charge in [0.15, 0.2) is 0 Å². The molecule has 2 aromatic rings. The monoisotopic (exact) mass is 190 g/mol. The number of aromatic nitrogens is 2. The minimum atomic E-state index is 0.535. The maximum atomic E-state index is 5.07.